The number of benzene rings is 2. The highest BCUT2D eigenvalue weighted by Gasteiger charge is 2.14. The van der Waals surface area contributed by atoms with Crippen LogP contribution in [0.15, 0.2) is 53.8 Å². The maximum atomic E-state index is 12.8. The number of hydrogen-bond acceptors (Lipinski definition) is 6. The van der Waals surface area contributed by atoms with Crippen LogP contribution in [0.3, 0.4) is 0 Å². The smallest absolute Gasteiger partial charge is 0.291 e. The number of halogens is 2. The molecule has 9 heteroatoms. The van der Waals surface area contributed by atoms with E-state index in [1.165, 1.54) is 15.9 Å². The van der Waals surface area contributed by atoms with Gasteiger partial charge >= 0.3 is 0 Å². The van der Waals surface area contributed by atoms with Crippen molar-refractivity contribution in [1.82, 2.24) is 14.6 Å². The van der Waals surface area contributed by atoms with Crippen molar-refractivity contribution in [3.05, 3.63) is 79.5 Å². The van der Waals surface area contributed by atoms with Crippen molar-refractivity contribution in [3.63, 3.8) is 0 Å². The fourth-order valence-corrected chi connectivity index (χ4v) is 4.21. The molecule has 0 saturated carbocycles. The molecule has 152 valence electrons. The van der Waals surface area contributed by atoms with Crippen molar-refractivity contribution < 1.29 is 9.47 Å². The summed E-state index contributed by atoms with van der Waals surface area (Å²) in [4.78, 5) is 17.7. The van der Waals surface area contributed by atoms with E-state index >= 15 is 0 Å². The molecule has 0 saturated heterocycles. The summed E-state index contributed by atoms with van der Waals surface area (Å²) < 4.78 is 12.7. The highest BCUT2D eigenvalue weighted by atomic mass is 35.5. The van der Waals surface area contributed by atoms with Crippen molar-refractivity contribution in [1.29, 1.82) is 0 Å². The maximum absolute atomic E-state index is 12.8. The van der Waals surface area contributed by atoms with Gasteiger partial charge in [0, 0.05) is 10.6 Å². The van der Waals surface area contributed by atoms with Gasteiger partial charge in [0.25, 0.3) is 5.56 Å². The van der Waals surface area contributed by atoms with Gasteiger partial charge in [-0.25, -0.2) is 0 Å². The third kappa shape index (κ3) is 3.92. The second-order valence-electron chi connectivity index (χ2n) is 6.18. The van der Waals surface area contributed by atoms with Crippen LogP contribution in [0.1, 0.15) is 5.56 Å². The van der Waals surface area contributed by atoms with Gasteiger partial charge in [0.2, 0.25) is 4.96 Å². The van der Waals surface area contributed by atoms with E-state index in [1.807, 2.05) is 6.07 Å². The lowest BCUT2D eigenvalue weighted by atomic mass is 10.2. The van der Waals surface area contributed by atoms with E-state index < -0.39 is 0 Å². The molecule has 0 unspecified atom stereocenters. The van der Waals surface area contributed by atoms with Gasteiger partial charge in [0.05, 0.1) is 16.7 Å². The SMILES string of the molecule is C=CCOc1ccc(C=c2sc3nc(-c4ccc(Cl)cc4Cl)nn3c2=O)cc1OC. The summed E-state index contributed by atoms with van der Waals surface area (Å²) in [6.07, 6.45) is 3.42. The van der Waals surface area contributed by atoms with Gasteiger partial charge in [-0.3, -0.25) is 4.79 Å². The number of hydrogen-bond donors (Lipinski definition) is 0. The Morgan fingerprint density at radius 3 is 2.73 bits per heavy atom. The molecular formula is C21H15Cl2N3O3S. The molecule has 0 aliphatic heterocycles. The van der Waals surface area contributed by atoms with E-state index in [-0.39, 0.29) is 5.56 Å². The van der Waals surface area contributed by atoms with Crippen LogP contribution in [0, 0.1) is 0 Å². The Morgan fingerprint density at radius 2 is 2.03 bits per heavy atom. The van der Waals surface area contributed by atoms with E-state index in [2.05, 4.69) is 16.7 Å². The van der Waals surface area contributed by atoms with Gasteiger partial charge < -0.3 is 9.47 Å². The van der Waals surface area contributed by atoms with Crippen LogP contribution in [0.25, 0.3) is 22.4 Å². The second kappa shape index (κ2) is 8.47. The summed E-state index contributed by atoms with van der Waals surface area (Å²) >= 11 is 13.4. The molecule has 2 heterocycles. The monoisotopic (exact) mass is 459 g/mol. The zero-order chi connectivity index (χ0) is 21.3. The zero-order valence-corrected chi connectivity index (χ0v) is 18.1. The average molecular weight is 460 g/mol. The number of methoxy groups -OCH3 is 1. The fourth-order valence-electron chi connectivity index (χ4n) is 2.81. The number of fused-ring (bicyclic) bond motifs is 1. The summed E-state index contributed by atoms with van der Waals surface area (Å²) in [6.45, 7) is 4.00. The molecule has 2 aromatic heterocycles. The van der Waals surface area contributed by atoms with Crippen LogP contribution >= 0.6 is 34.5 Å². The third-order valence-corrected chi connectivity index (χ3v) is 5.70. The van der Waals surface area contributed by atoms with Gasteiger partial charge in [-0.1, -0.05) is 53.3 Å². The molecule has 0 radical (unpaired) electrons. The number of ether oxygens (including phenoxy) is 2. The first-order valence-electron chi connectivity index (χ1n) is 8.78. The van der Waals surface area contributed by atoms with Gasteiger partial charge in [-0.05, 0) is 42.0 Å². The third-order valence-electron chi connectivity index (χ3n) is 4.20. The number of aromatic nitrogens is 3. The Hall–Kier alpha value is -2.87. The fraction of sp³-hybridized carbons (Fsp3) is 0.0952. The zero-order valence-electron chi connectivity index (χ0n) is 15.8. The Labute approximate surface area is 185 Å². The predicted octanol–water partition coefficient (Wildman–Crippen LogP) is 4.25. The Kier molecular flexibility index (Phi) is 5.76. The molecule has 0 bridgehead atoms. The largest absolute Gasteiger partial charge is 0.493 e. The van der Waals surface area contributed by atoms with E-state index in [9.17, 15) is 4.79 Å². The highest BCUT2D eigenvalue weighted by Crippen LogP contribution is 2.29. The van der Waals surface area contributed by atoms with Crippen molar-refractivity contribution in [3.8, 4) is 22.9 Å². The van der Waals surface area contributed by atoms with Gasteiger partial charge in [-0.15, -0.1) is 5.10 Å². The lowest BCUT2D eigenvalue weighted by Gasteiger charge is -2.09. The molecule has 0 aliphatic rings. The lowest BCUT2D eigenvalue weighted by molar-refractivity contribution is 0.326. The Morgan fingerprint density at radius 1 is 1.20 bits per heavy atom. The first kappa shape index (κ1) is 20.4. The van der Waals surface area contributed by atoms with Crippen LogP contribution in [0.4, 0.5) is 0 Å². The summed E-state index contributed by atoms with van der Waals surface area (Å²) in [6, 6.07) is 10.5. The molecule has 0 amide bonds. The second-order valence-corrected chi connectivity index (χ2v) is 8.03. The summed E-state index contributed by atoms with van der Waals surface area (Å²) in [5.41, 5.74) is 1.15. The molecule has 0 atom stereocenters. The van der Waals surface area contributed by atoms with Crippen molar-refractivity contribution in [2.24, 2.45) is 0 Å². The quantitative estimate of drug-likeness (QED) is 0.403. The van der Waals surface area contributed by atoms with E-state index in [0.717, 1.165) is 5.56 Å². The molecule has 0 fully saturated rings. The molecule has 30 heavy (non-hydrogen) atoms. The van der Waals surface area contributed by atoms with E-state index in [1.54, 1.807) is 49.6 Å². The molecule has 0 spiro atoms. The Balaban J connectivity index is 1.73. The number of rotatable bonds is 6. The first-order valence-corrected chi connectivity index (χ1v) is 10.4. The molecule has 0 N–H and O–H groups in total. The molecule has 2 aromatic carbocycles. The normalized spacial score (nSPS) is 11.8. The molecule has 6 nitrogen and oxygen atoms in total. The van der Waals surface area contributed by atoms with Gasteiger partial charge in [-0.2, -0.15) is 9.50 Å². The highest BCUT2D eigenvalue weighted by molar-refractivity contribution is 7.15. The number of thiazole rings is 1. The first-order chi connectivity index (χ1) is 14.5. The minimum Gasteiger partial charge on any atom is -0.493 e. The van der Waals surface area contributed by atoms with Gasteiger partial charge in [0.15, 0.2) is 17.3 Å². The lowest BCUT2D eigenvalue weighted by Crippen LogP contribution is -2.23. The van der Waals surface area contributed by atoms with Crippen LogP contribution in [-0.2, 0) is 0 Å². The summed E-state index contributed by atoms with van der Waals surface area (Å²) in [7, 11) is 1.56. The van der Waals surface area contributed by atoms with Crippen molar-refractivity contribution in [2.45, 2.75) is 0 Å². The molecule has 4 aromatic rings. The predicted molar refractivity (Wildman–Crippen MR) is 120 cm³/mol. The Bertz CT molecular complexity index is 1360. The van der Waals surface area contributed by atoms with E-state index in [0.29, 0.717) is 49.0 Å². The van der Waals surface area contributed by atoms with E-state index in [4.69, 9.17) is 32.7 Å². The molecule has 0 aliphatic carbocycles. The van der Waals surface area contributed by atoms with Crippen LogP contribution < -0.4 is 19.6 Å². The van der Waals surface area contributed by atoms with Crippen LogP contribution in [-0.4, -0.2) is 28.3 Å². The maximum Gasteiger partial charge on any atom is 0.291 e. The summed E-state index contributed by atoms with van der Waals surface area (Å²) in [5.74, 6) is 1.54. The minimum absolute atomic E-state index is 0.259. The van der Waals surface area contributed by atoms with Crippen molar-refractivity contribution in [2.75, 3.05) is 13.7 Å². The summed E-state index contributed by atoms with van der Waals surface area (Å²) in [5, 5.41) is 5.26. The van der Waals surface area contributed by atoms with Crippen LogP contribution in [0.2, 0.25) is 10.0 Å². The minimum atomic E-state index is -0.259. The number of nitrogens with zero attached hydrogens (tertiary/aromatic N) is 3. The average Bonchev–Trinajstić information content (AvgIpc) is 3.26. The van der Waals surface area contributed by atoms with Crippen molar-refractivity contribution >= 4 is 45.6 Å². The van der Waals surface area contributed by atoms with Crippen LogP contribution in [0.5, 0.6) is 11.5 Å². The molecule has 4 rings (SSSR count). The molecular weight excluding hydrogens is 445 g/mol. The topological polar surface area (TPSA) is 65.7 Å². The standard InChI is InChI=1S/C21H15Cl2N3O3S/c1-3-8-29-16-7-4-12(9-17(16)28-2)10-18-20(27)26-21(30-18)24-19(25-26)14-6-5-13(22)11-15(14)23/h3-7,9-11H,1,8H2,2H3. The van der Waals surface area contributed by atoms with Gasteiger partial charge in [0.1, 0.15) is 6.61 Å².